The van der Waals surface area contributed by atoms with Gasteiger partial charge in [0.2, 0.25) is 5.91 Å². The average Bonchev–Trinajstić information content (AvgIpc) is 2.31. The smallest absolute Gasteiger partial charge is 0.328 e. The fourth-order valence-corrected chi connectivity index (χ4v) is 1.30. The van der Waals surface area contributed by atoms with Crippen LogP contribution in [0.5, 0.6) is 0 Å². The van der Waals surface area contributed by atoms with Crippen LogP contribution in [0.2, 0.25) is 0 Å². The standard InChI is InChI=1S/C11H21N3O5/c1-6(15)7(8(16)17)14-10(19)13-5-11(2,3)9(18)12-4/h6-7,15H,5H2,1-4H3,(H,12,18)(H,16,17)(H2,13,14,19)/t6-,7+/m1/s1. The minimum absolute atomic E-state index is 0.0324. The van der Waals surface area contributed by atoms with Gasteiger partial charge in [-0.15, -0.1) is 0 Å². The molecular formula is C11H21N3O5. The first kappa shape index (κ1) is 17.2. The first-order chi connectivity index (χ1) is 8.61. The number of urea groups is 1. The quantitative estimate of drug-likeness (QED) is 0.420. The van der Waals surface area contributed by atoms with E-state index in [0.717, 1.165) is 0 Å². The van der Waals surface area contributed by atoms with Gasteiger partial charge < -0.3 is 26.2 Å². The molecule has 0 aromatic heterocycles. The van der Waals surface area contributed by atoms with E-state index in [4.69, 9.17) is 5.11 Å². The molecule has 110 valence electrons. The summed E-state index contributed by atoms with van der Waals surface area (Å²) in [5.41, 5.74) is -0.824. The van der Waals surface area contributed by atoms with Gasteiger partial charge in [-0.2, -0.15) is 0 Å². The number of amides is 3. The van der Waals surface area contributed by atoms with Gasteiger partial charge in [0.15, 0.2) is 6.04 Å². The van der Waals surface area contributed by atoms with Crippen molar-refractivity contribution in [3.05, 3.63) is 0 Å². The number of nitrogens with one attached hydrogen (secondary N) is 3. The Hall–Kier alpha value is -1.83. The third kappa shape index (κ3) is 5.56. The maximum Gasteiger partial charge on any atom is 0.328 e. The minimum atomic E-state index is -1.40. The molecule has 0 fully saturated rings. The molecule has 0 spiro atoms. The molecule has 0 unspecified atom stereocenters. The summed E-state index contributed by atoms with van der Waals surface area (Å²) in [4.78, 5) is 33.7. The highest BCUT2D eigenvalue weighted by Gasteiger charge is 2.29. The van der Waals surface area contributed by atoms with Crippen molar-refractivity contribution in [2.75, 3.05) is 13.6 Å². The van der Waals surface area contributed by atoms with Gasteiger partial charge in [-0.3, -0.25) is 4.79 Å². The largest absolute Gasteiger partial charge is 0.480 e. The number of aliphatic hydroxyl groups is 1. The maximum atomic E-state index is 11.5. The van der Waals surface area contributed by atoms with Crippen LogP contribution >= 0.6 is 0 Å². The van der Waals surface area contributed by atoms with Crippen LogP contribution in [0.1, 0.15) is 20.8 Å². The molecule has 3 amide bonds. The second kappa shape index (κ2) is 6.93. The van der Waals surface area contributed by atoms with Crippen LogP contribution in [0.25, 0.3) is 0 Å². The predicted octanol–water partition coefficient (Wildman–Crippen LogP) is -1.11. The van der Waals surface area contributed by atoms with Crippen molar-refractivity contribution in [2.24, 2.45) is 5.41 Å². The molecule has 0 aliphatic heterocycles. The van der Waals surface area contributed by atoms with Gasteiger partial charge in [0, 0.05) is 13.6 Å². The second-order valence-electron chi connectivity index (χ2n) is 4.85. The molecule has 8 heteroatoms. The van der Waals surface area contributed by atoms with E-state index in [2.05, 4.69) is 16.0 Å². The number of aliphatic carboxylic acids is 1. The van der Waals surface area contributed by atoms with Crippen molar-refractivity contribution in [1.29, 1.82) is 0 Å². The van der Waals surface area contributed by atoms with Crippen LogP contribution in [0, 0.1) is 5.41 Å². The van der Waals surface area contributed by atoms with Crippen LogP contribution in [0.4, 0.5) is 4.79 Å². The Bertz CT molecular complexity index is 354. The zero-order chi connectivity index (χ0) is 15.2. The highest BCUT2D eigenvalue weighted by molar-refractivity contribution is 5.85. The summed E-state index contributed by atoms with van der Waals surface area (Å²) in [5.74, 6) is -1.59. The maximum absolute atomic E-state index is 11.5. The van der Waals surface area contributed by atoms with Crippen molar-refractivity contribution >= 4 is 17.9 Å². The number of carboxylic acids is 1. The molecule has 0 rings (SSSR count). The van der Waals surface area contributed by atoms with E-state index in [1.54, 1.807) is 13.8 Å². The van der Waals surface area contributed by atoms with Crippen LogP contribution in [0.15, 0.2) is 0 Å². The number of carboxylic acid groups (broad SMARTS) is 1. The highest BCUT2D eigenvalue weighted by Crippen LogP contribution is 2.12. The van der Waals surface area contributed by atoms with Crippen LogP contribution in [-0.2, 0) is 9.59 Å². The van der Waals surface area contributed by atoms with Crippen molar-refractivity contribution in [1.82, 2.24) is 16.0 Å². The molecule has 0 aromatic carbocycles. The van der Waals surface area contributed by atoms with Gasteiger partial charge in [-0.25, -0.2) is 9.59 Å². The van der Waals surface area contributed by atoms with E-state index in [1.165, 1.54) is 14.0 Å². The number of aliphatic hydroxyl groups excluding tert-OH is 1. The number of hydrogen-bond donors (Lipinski definition) is 5. The summed E-state index contributed by atoms with van der Waals surface area (Å²) in [6, 6.07) is -2.16. The van der Waals surface area contributed by atoms with E-state index >= 15 is 0 Å². The molecule has 0 aliphatic carbocycles. The second-order valence-corrected chi connectivity index (χ2v) is 4.85. The zero-order valence-electron chi connectivity index (χ0n) is 11.5. The molecule has 19 heavy (non-hydrogen) atoms. The summed E-state index contributed by atoms with van der Waals surface area (Å²) >= 11 is 0. The first-order valence-corrected chi connectivity index (χ1v) is 5.79. The van der Waals surface area contributed by atoms with Gasteiger partial charge >= 0.3 is 12.0 Å². The van der Waals surface area contributed by atoms with Crippen LogP contribution in [-0.4, -0.2) is 53.9 Å². The molecule has 2 atom stereocenters. The van der Waals surface area contributed by atoms with Crippen LogP contribution < -0.4 is 16.0 Å². The Morgan fingerprint density at radius 2 is 1.79 bits per heavy atom. The fraction of sp³-hybridized carbons (Fsp3) is 0.727. The van der Waals surface area contributed by atoms with Crippen molar-refractivity contribution in [3.63, 3.8) is 0 Å². The summed E-state index contributed by atoms with van der Waals surface area (Å²) in [6.45, 7) is 4.56. The Balaban J connectivity index is 4.40. The van der Waals surface area contributed by atoms with Crippen molar-refractivity contribution < 1.29 is 24.6 Å². The minimum Gasteiger partial charge on any atom is -0.480 e. The molecule has 0 saturated heterocycles. The molecule has 0 aliphatic rings. The number of carbonyl (C=O) groups excluding carboxylic acids is 2. The van der Waals surface area contributed by atoms with E-state index in [1.807, 2.05) is 0 Å². The van der Waals surface area contributed by atoms with E-state index in [-0.39, 0.29) is 12.5 Å². The molecule has 0 aromatic rings. The average molecular weight is 275 g/mol. The Kier molecular flexibility index (Phi) is 6.26. The SMILES string of the molecule is CNC(=O)C(C)(C)CNC(=O)N[C@H](C(=O)O)[C@@H](C)O. The predicted molar refractivity (Wildman–Crippen MR) is 67.5 cm³/mol. The van der Waals surface area contributed by atoms with Gasteiger partial charge in [-0.1, -0.05) is 0 Å². The summed E-state index contributed by atoms with van der Waals surface area (Å²) in [5, 5.41) is 24.9. The van der Waals surface area contributed by atoms with Crippen molar-refractivity contribution in [3.8, 4) is 0 Å². The normalized spacial score (nSPS) is 14.2. The molecule has 0 heterocycles. The number of rotatable bonds is 6. The third-order valence-electron chi connectivity index (χ3n) is 2.57. The molecule has 5 N–H and O–H groups in total. The number of hydrogen-bond acceptors (Lipinski definition) is 4. The van der Waals surface area contributed by atoms with Gasteiger partial charge in [0.25, 0.3) is 0 Å². The summed E-state index contributed by atoms with van der Waals surface area (Å²) < 4.78 is 0. The summed E-state index contributed by atoms with van der Waals surface area (Å²) in [7, 11) is 1.48. The lowest BCUT2D eigenvalue weighted by molar-refractivity contribution is -0.141. The molecule has 0 bridgehead atoms. The monoisotopic (exact) mass is 275 g/mol. The molecule has 8 nitrogen and oxygen atoms in total. The topological polar surface area (TPSA) is 128 Å². The fourth-order valence-electron chi connectivity index (χ4n) is 1.30. The lowest BCUT2D eigenvalue weighted by atomic mass is 9.92. The highest BCUT2D eigenvalue weighted by atomic mass is 16.4. The Morgan fingerprint density at radius 1 is 1.26 bits per heavy atom. The summed E-state index contributed by atoms with van der Waals surface area (Å²) in [6.07, 6.45) is -1.23. The Labute approximate surface area is 111 Å². The molecule has 0 saturated carbocycles. The van der Waals surface area contributed by atoms with E-state index in [9.17, 15) is 19.5 Å². The Morgan fingerprint density at radius 3 is 2.16 bits per heavy atom. The zero-order valence-corrected chi connectivity index (χ0v) is 11.5. The van der Waals surface area contributed by atoms with Crippen molar-refractivity contribution in [2.45, 2.75) is 32.9 Å². The van der Waals surface area contributed by atoms with E-state index in [0.29, 0.717) is 0 Å². The third-order valence-corrected chi connectivity index (χ3v) is 2.57. The molecular weight excluding hydrogens is 254 g/mol. The number of carbonyl (C=O) groups is 3. The van der Waals surface area contributed by atoms with Gasteiger partial charge in [-0.05, 0) is 20.8 Å². The van der Waals surface area contributed by atoms with Crippen LogP contribution in [0.3, 0.4) is 0 Å². The lowest BCUT2D eigenvalue weighted by Gasteiger charge is -2.24. The van der Waals surface area contributed by atoms with E-state index < -0.39 is 29.6 Å². The van der Waals surface area contributed by atoms with Gasteiger partial charge in [0.1, 0.15) is 0 Å². The lowest BCUT2D eigenvalue weighted by Crippen LogP contribution is -2.53. The molecule has 0 radical (unpaired) electrons. The van der Waals surface area contributed by atoms with Gasteiger partial charge in [0.05, 0.1) is 11.5 Å². The first-order valence-electron chi connectivity index (χ1n) is 5.79.